The Morgan fingerprint density at radius 3 is 2.65 bits per heavy atom. The summed E-state index contributed by atoms with van der Waals surface area (Å²) in [5.41, 5.74) is 5.49. The molecule has 1 heterocycles. The molecule has 0 bridgehead atoms. The van der Waals surface area contributed by atoms with E-state index in [1.54, 1.807) is 19.9 Å². The van der Waals surface area contributed by atoms with Gasteiger partial charge in [-0.15, -0.1) is 0 Å². The number of hydrogen-bond acceptors (Lipinski definition) is 5. The van der Waals surface area contributed by atoms with Crippen LogP contribution in [0.4, 0.5) is 11.5 Å². The van der Waals surface area contributed by atoms with E-state index in [0.29, 0.717) is 24.7 Å². The summed E-state index contributed by atoms with van der Waals surface area (Å²) in [5.74, 6) is 1.16. The number of aromatic nitrogens is 1. The number of ether oxygens (including phenoxy) is 1. The Bertz CT molecular complexity index is 375. The summed E-state index contributed by atoms with van der Waals surface area (Å²) in [6.45, 7) is 6.40. The molecule has 0 spiro atoms. The molecule has 0 atom stereocenters. The number of likely N-dealkylation sites (N-methyl/N-ethyl adjacent to an activating group) is 1. The summed E-state index contributed by atoms with van der Waals surface area (Å²) in [6, 6.07) is 3.57. The molecular weight excluding hydrogens is 218 g/mol. The minimum Gasteiger partial charge on any atom is -0.476 e. The van der Waals surface area contributed by atoms with Crippen LogP contribution in [-0.4, -0.2) is 35.9 Å². The van der Waals surface area contributed by atoms with Crippen molar-refractivity contribution in [2.24, 2.45) is 0 Å². The average molecular weight is 239 g/mol. The van der Waals surface area contributed by atoms with Gasteiger partial charge in [0.2, 0.25) is 5.88 Å². The fourth-order valence-electron chi connectivity index (χ4n) is 1.57. The minimum absolute atomic E-state index is 0.438. The van der Waals surface area contributed by atoms with Crippen LogP contribution in [0.2, 0.25) is 0 Å². The first kappa shape index (κ1) is 13.6. The lowest BCUT2D eigenvalue weighted by molar-refractivity contribution is 0.0884. The molecule has 17 heavy (non-hydrogen) atoms. The molecule has 3 N–H and O–H groups in total. The summed E-state index contributed by atoms with van der Waals surface area (Å²) in [7, 11) is 1.87. The molecular formula is C12H21N3O2. The van der Waals surface area contributed by atoms with Crippen molar-refractivity contribution in [3.05, 3.63) is 12.1 Å². The van der Waals surface area contributed by atoms with Gasteiger partial charge in [0.1, 0.15) is 5.82 Å². The fraction of sp³-hybridized carbons (Fsp3) is 0.583. The highest BCUT2D eigenvalue weighted by atomic mass is 16.5. The van der Waals surface area contributed by atoms with Gasteiger partial charge in [0.15, 0.2) is 0 Å². The monoisotopic (exact) mass is 239 g/mol. The maximum Gasteiger partial charge on any atom is 0.239 e. The number of hydrogen-bond donors (Lipinski definition) is 2. The number of aliphatic hydroxyl groups is 1. The molecule has 0 aliphatic carbocycles. The third-order valence-electron chi connectivity index (χ3n) is 2.17. The van der Waals surface area contributed by atoms with E-state index in [2.05, 4.69) is 4.98 Å². The molecule has 96 valence electrons. The summed E-state index contributed by atoms with van der Waals surface area (Å²) < 4.78 is 5.33. The van der Waals surface area contributed by atoms with E-state index in [1.807, 2.05) is 24.9 Å². The van der Waals surface area contributed by atoms with Gasteiger partial charge in [0.25, 0.3) is 0 Å². The van der Waals surface area contributed by atoms with Gasteiger partial charge in [-0.05, 0) is 32.9 Å². The predicted octanol–water partition coefficient (Wildman–Crippen LogP) is 1.27. The molecule has 0 unspecified atom stereocenters. The van der Waals surface area contributed by atoms with E-state index in [1.165, 1.54) is 0 Å². The van der Waals surface area contributed by atoms with Gasteiger partial charge >= 0.3 is 0 Å². The zero-order valence-corrected chi connectivity index (χ0v) is 10.9. The molecule has 5 nitrogen and oxygen atoms in total. The molecule has 0 saturated heterocycles. The zero-order valence-electron chi connectivity index (χ0n) is 10.9. The number of nitrogens with zero attached hydrogens (tertiary/aromatic N) is 2. The number of anilines is 2. The third kappa shape index (κ3) is 4.11. The Balaban J connectivity index is 2.87. The molecule has 1 aromatic heterocycles. The molecule has 1 rings (SSSR count). The highest BCUT2D eigenvalue weighted by Gasteiger charge is 2.17. The van der Waals surface area contributed by atoms with Crippen LogP contribution in [0.5, 0.6) is 5.88 Å². The van der Waals surface area contributed by atoms with Gasteiger partial charge in [-0.25, -0.2) is 0 Å². The topological polar surface area (TPSA) is 71.6 Å². The predicted molar refractivity (Wildman–Crippen MR) is 69.4 cm³/mol. The van der Waals surface area contributed by atoms with Crippen molar-refractivity contribution >= 4 is 11.5 Å². The van der Waals surface area contributed by atoms with Crippen molar-refractivity contribution < 1.29 is 9.84 Å². The summed E-state index contributed by atoms with van der Waals surface area (Å²) in [6.07, 6.45) is 0. The largest absolute Gasteiger partial charge is 0.476 e. The quantitative estimate of drug-likeness (QED) is 0.809. The summed E-state index contributed by atoms with van der Waals surface area (Å²) in [4.78, 5) is 6.18. The molecule has 0 amide bonds. The normalized spacial score (nSPS) is 11.4. The van der Waals surface area contributed by atoms with E-state index in [-0.39, 0.29) is 0 Å². The smallest absolute Gasteiger partial charge is 0.239 e. The van der Waals surface area contributed by atoms with Crippen LogP contribution in [-0.2, 0) is 0 Å². The van der Waals surface area contributed by atoms with Crippen LogP contribution >= 0.6 is 0 Å². The Labute approximate surface area is 102 Å². The number of nitrogen functional groups attached to an aromatic ring is 1. The maximum atomic E-state index is 9.75. The van der Waals surface area contributed by atoms with Crippen molar-refractivity contribution in [2.75, 3.05) is 30.8 Å². The standard InChI is InChI=1S/C12H21N3O2/c1-5-17-11-9(13)6-7-10(14-11)15(4)8-12(2,3)16/h6-7,16H,5,8,13H2,1-4H3. The van der Waals surface area contributed by atoms with Crippen molar-refractivity contribution in [1.29, 1.82) is 0 Å². The SMILES string of the molecule is CCOc1nc(N(C)CC(C)(C)O)ccc1N. The van der Waals surface area contributed by atoms with Crippen LogP contribution in [0.1, 0.15) is 20.8 Å². The molecule has 0 aliphatic rings. The third-order valence-corrected chi connectivity index (χ3v) is 2.17. The van der Waals surface area contributed by atoms with Gasteiger partial charge in [-0.2, -0.15) is 4.98 Å². The highest BCUT2D eigenvalue weighted by Crippen LogP contribution is 2.23. The van der Waals surface area contributed by atoms with E-state index >= 15 is 0 Å². The fourth-order valence-corrected chi connectivity index (χ4v) is 1.57. The Hall–Kier alpha value is -1.49. The number of pyridine rings is 1. The van der Waals surface area contributed by atoms with Crippen LogP contribution in [0, 0.1) is 0 Å². The second-order valence-electron chi connectivity index (χ2n) is 4.67. The second kappa shape index (κ2) is 5.23. The maximum absolute atomic E-state index is 9.75. The molecule has 0 aromatic carbocycles. The molecule has 0 fully saturated rings. The van der Waals surface area contributed by atoms with Gasteiger partial charge < -0.3 is 20.5 Å². The lowest BCUT2D eigenvalue weighted by Crippen LogP contribution is -2.36. The van der Waals surface area contributed by atoms with Crippen LogP contribution in [0.25, 0.3) is 0 Å². The van der Waals surface area contributed by atoms with E-state index in [4.69, 9.17) is 10.5 Å². The summed E-state index contributed by atoms with van der Waals surface area (Å²) in [5, 5.41) is 9.75. The summed E-state index contributed by atoms with van der Waals surface area (Å²) >= 11 is 0. The first-order chi connectivity index (χ1) is 7.83. The minimum atomic E-state index is -0.774. The van der Waals surface area contributed by atoms with E-state index in [9.17, 15) is 5.11 Å². The van der Waals surface area contributed by atoms with Crippen molar-refractivity contribution in [1.82, 2.24) is 4.98 Å². The van der Waals surface area contributed by atoms with E-state index in [0.717, 1.165) is 5.82 Å². The highest BCUT2D eigenvalue weighted by molar-refractivity contribution is 5.54. The lowest BCUT2D eigenvalue weighted by atomic mass is 10.1. The van der Waals surface area contributed by atoms with Crippen LogP contribution in [0.15, 0.2) is 12.1 Å². The van der Waals surface area contributed by atoms with Crippen LogP contribution < -0.4 is 15.4 Å². The van der Waals surface area contributed by atoms with Crippen molar-refractivity contribution in [3.63, 3.8) is 0 Å². The first-order valence-corrected chi connectivity index (χ1v) is 5.66. The molecule has 0 saturated carbocycles. The van der Waals surface area contributed by atoms with Crippen molar-refractivity contribution in [3.8, 4) is 5.88 Å². The zero-order chi connectivity index (χ0) is 13.1. The first-order valence-electron chi connectivity index (χ1n) is 5.66. The van der Waals surface area contributed by atoms with Crippen molar-refractivity contribution in [2.45, 2.75) is 26.4 Å². The molecule has 1 aromatic rings. The van der Waals surface area contributed by atoms with Gasteiger partial charge in [-0.3, -0.25) is 0 Å². The Kier molecular flexibility index (Phi) is 4.17. The number of rotatable bonds is 5. The Morgan fingerprint density at radius 2 is 2.12 bits per heavy atom. The van der Waals surface area contributed by atoms with E-state index < -0.39 is 5.60 Å². The van der Waals surface area contributed by atoms with Gasteiger partial charge in [0, 0.05) is 13.6 Å². The molecule has 5 heteroatoms. The second-order valence-corrected chi connectivity index (χ2v) is 4.67. The average Bonchev–Trinajstić information content (AvgIpc) is 2.19. The van der Waals surface area contributed by atoms with Crippen LogP contribution in [0.3, 0.4) is 0 Å². The van der Waals surface area contributed by atoms with Gasteiger partial charge in [0.05, 0.1) is 17.9 Å². The molecule has 0 radical (unpaired) electrons. The van der Waals surface area contributed by atoms with Gasteiger partial charge in [-0.1, -0.05) is 0 Å². The number of nitrogens with two attached hydrogens (primary N) is 1. The lowest BCUT2D eigenvalue weighted by Gasteiger charge is -2.26. The Morgan fingerprint density at radius 1 is 1.47 bits per heavy atom. The molecule has 0 aliphatic heterocycles.